The van der Waals surface area contributed by atoms with Crippen molar-refractivity contribution in [2.24, 2.45) is 0 Å². The quantitative estimate of drug-likeness (QED) is 0.0368. The Hall–Kier alpha value is 0.699. The first-order chi connectivity index (χ1) is 20.8. The van der Waals surface area contributed by atoms with Gasteiger partial charge in [-0.2, -0.15) is 4.58 Å². The summed E-state index contributed by atoms with van der Waals surface area (Å²) in [5, 5.41) is 0. The van der Waals surface area contributed by atoms with E-state index in [1.807, 2.05) is 20.0 Å². The third-order valence-corrected chi connectivity index (χ3v) is 31.8. The fourth-order valence-electron chi connectivity index (χ4n) is 4.83. The molecule has 0 bridgehead atoms. The lowest BCUT2D eigenvalue weighted by Crippen LogP contribution is -2.57. The standard InChI is InChI=1S/C27H72O11Si10/c1-23-24(39)25(26(28)29-32-48(22,37-44(14,15)16)38-45(17,18)19)27(30-46(20,33-40(2,3)4)34-41(5,6)7)31-47(21,35-42(8,9)10)36-43(11,12)13/h24H,23H2,1-22,39H3. The van der Waals surface area contributed by atoms with Crippen LogP contribution in [0.4, 0.5) is 0 Å². The van der Waals surface area contributed by atoms with Gasteiger partial charge in [0.25, 0.3) is 5.95 Å². The normalized spacial score (nSPS) is 15.3. The van der Waals surface area contributed by atoms with Gasteiger partial charge in [-0.3, -0.25) is 4.89 Å². The number of carbonyl (C=O) groups is 1. The van der Waals surface area contributed by atoms with Gasteiger partial charge in [0.2, 0.25) is 0 Å². The lowest BCUT2D eigenvalue weighted by atomic mass is 10.1. The molecule has 48 heavy (non-hydrogen) atoms. The molecule has 0 heterocycles. The van der Waals surface area contributed by atoms with Crippen molar-refractivity contribution in [3.8, 4) is 0 Å². The van der Waals surface area contributed by atoms with Crippen molar-refractivity contribution in [3.63, 3.8) is 0 Å². The fourth-order valence-corrected chi connectivity index (χ4v) is 35.9. The van der Waals surface area contributed by atoms with Crippen LogP contribution >= 0.6 is 0 Å². The van der Waals surface area contributed by atoms with Gasteiger partial charge in [0.05, 0.1) is 0 Å². The van der Waals surface area contributed by atoms with Crippen LogP contribution in [-0.2, 0) is 47.8 Å². The molecule has 0 amide bonds. The first kappa shape index (κ1) is 48.7. The maximum atomic E-state index is 14.4. The van der Waals surface area contributed by atoms with Crippen molar-refractivity contribution in [2.75, 3.05) is 0 Å². The molecular weight excluding hydrogens is 781 g/mol. The molecule has 0 spiro atoms. The number of hydrogen-bond acceptors (Lipinski definition) is 11. The monoisotopic (exact) mass is 852 g/mol. The molecule has 1 unspecified atom stereocenters. The summed E-state index contributed by atoms with van der Waals surface area (Å²) in [6.07, 6.45) is 0.641. The maximum Gasteiger partial charge on any atom is 0.543 e. The molecule has 0 saturated heterocycles. The molecule has 0 aliphatic heterocycles. The molecule has 1 atom stereocenters. The maximum absolute atomic E-state index is 14.4. The van der Waals surface area contributed by atoms with Crippen LogP contribution < -0.4 is 0 Å². The highest BCUT2D eigenvalue weighted by Crippen LogP contribution is 2.35. The Morgan fingerprint density at radius 2 is 0.729 bits per heavy atom. The van der Waals surface area contributed by atoms with E-state index in [0.29, 0.717) is 16.7 Å². The van der Waals surface area contributed by atoms with Crippen LogP contribution in [0.2, 0.25) is 143 Å². The van der Waals surface area contributed by atoms with Crippen LogP contribution in [0.3, 0.4) is 0 Å². The van der Waals surface area contributed by atoms with Crippen molar-refractivity contribution < 1.29 is 47.8 Å². The highest BCUT2D eigenvalue weighted by atomic mass is 28.5. The molecule has 0 aliphatic carbocycles. The van der Waals surface area contributed by atoms with Crippen molar-refractivity contribution in [1.82, 2.24) is 0 Å². The van der Waals surface area contributed by atoms with E-state index < -0.39 is 82.3 Å². The van der Waals surface area contributed by atoms with Gasteiger partial charge in [-0.05, 0) is 123 Å². The Labute approximate surface area is 306 Å². The third kappa shape index (κ3) is 21.9. The molecule has 0 rings (SSSR count). The molecule has 21 heteroatoms. The number of hydrogen-bond donors (Lipinski definition) is 0. The zero-order chi connectivity index (χ0) is 38.6. The van der Waals surface area contributed by atoms with Crippen LogP contribution in [0.1, 0.15) is 13.3 Å². The number of rotatable bonds is 21. The van der Waals surface area contributed by atoms with E-state index in [9.17, 15) is 4.79 Å². The van der Waals surface area contributed by atoms with Gasteiger partial charge in [-0.1, -0.05) is 13.3 Å². The molecule has 0 N–H and O–H groups in total. The molecule has 0 radical (unpaired) electrons. The van der Waals surface area contributed by atoms with Crippen molar-refractivity contribution in [1.29, 1.82) is 0 Å². The topological polar surface area (TPSA) is 109 Å². The molecule has 0 aromatic carbocycles. The van der Waals surface area contributed by atoms with Crippen LogP contribution in [0, 0.1) is 0 Å². The second-order valence-electron chi connectivity index (χ2n) is 18.5. The van der Waals surface area contributed by atoms with Crippen LogP contribution in [0.5, 0.6) is 0 Å². The molecule has 11 nitrogen and oxygen atoms in total. The predicted molar refractivity (Wildman–Crippen MR) is 222 cm³/mol. The van der Waals surface area contributed by atoms with E-state index in [1.165, 1.54) is 0 Å². The van der Waals surface area contributed by atoms with Gasteiger partial charge in [0.1, 0.15) is 5.57 Å². The molecular formula is C27H72O11Si10. The lowest BCUT2D eigenvalue weighted by molar-refractivity contribution is -0.229. The van der Waals surface area contributed by atoms with Crippen LogP contribution in [-0.4, -0.2) is 92.5 Å². The molecule has 0 aliphatic rings. The molecule has 0 saturated carbocycles. The van der Waals surface area contributed by atoms with Gasteiger partial charge >= 0.3 is 32.4 Å². The highest BCUT2D eigenvalue weighted by molar-refractivity contribution is 6.87. The Morgan fingerprint density at radius 1 is 0.479 bits per heavy atom. The number of carbonyl (C=O) groups excluding carboxylic acids is 1. The van der Waals surface area contributed by atoms with E-state index in [1.54, 1.807) is 6.55 Å². The zero-order valence-electron chi connectivity index (χ0n) is 34.8. The lowest BCUT2D eigenvalue weighted by Gasteiger charge is -2.41. The Bertz CT molecular complexity index is 989. The molecule has 0 aromatic heterocycles. The second kappa shape index (κ2) is 17.2. The van der Waals surface area contributed by atoms with Gasteiger partial charge in [0, 0.05) is 29.9 Å². The van der Waals surface area contributed by atoms with E-state index >= 15 is 0 Å². The largest absolute Gasteiger partial charge is 0.543 e. The zero-order valence-corrected chi connectivity index (χ0v) is 45.8. The van der Waals surface area contributed by atoms with Crippen molar-refractivity contribution >= 4 is 92.5 Å². The van der Waals surface area contributed by atoms with Crippen LogP contribution in [0.25, 0.3) is 0 Å². The first-order valence-electron chi connectivity index (χ1n) is 17.0. The average molecular weight is 854 g/mol. The summed E-state index contributed by atoms with van der Waals surface area (Å²) in [6.45, 7) is 45.0. The molecule has 0 aromatic rings. The summed E-state index contributed by atoms with van der Waals surface area (Å²) in [7, 11) is -22.9. The van der Waals surface area contributed by atoms with Crippen LogP contribution in [0.15, 0.2) is 11.5 Å². The van der Waals surface area contributed by atoms with Gasteiger partial charge < -0.3 is 33.5 Å². The second-order valence-corrected chi connectivity index (χ2v) is 55.9. The predicted octanol–water partition coefficient (Wildman–Crippen LogP) is 8.09. The first-order valence-corrected chi connectivity index (χ1v) is 45.3. The fraction of sp³-hybridized carbons (Fsp3) is 0.889. The van der Waals surface area contributed by atoms with Gasteiger partial charge in [-0.15, -0.1) is 0 Å². The summed E-state index contributed by atoms with van der Waals surface area (Å²) in [6, 6.07) is 0. The van der Waals surface area contributed by atoms with E-state index in [0.717, 1.165) is 0 Å². The van der Waals surface area contributed by atoms with Crippen molar-refractivity contribution in [3.05, 3.63) is 11.5 Å². The van der Waals surface area contributed by atoms with Gasteiger partial charge in [0.15, 0.2) is 49.9 Å². The Morgan fingerprint density at radius 3 is 0.958 bits per heavy atom. The minimum atomic E-state index is -3.48. The summed E-state index contributed by atoms with van der Waals surface area (Å²) in [4.78, 5) is 20.1. The Balaban J connectivity index is 7.60. The van der Waals surface area contributed by atoms with Gasteiger partial charge in [-0.25, -0.2) is 4.79 Å². The summed E-state index contributed by atoms with van der Waals surface area (Å²) < 4.78 is 59.5. The minimum Gasteiger partial charge on any atom is -0.474 e. The molecule has 0 fully saturated rings. The summed E-state index contributed by atoms with van der Waals surface area (Å²) >= 11 is 0. The Kier molecular flexibility index (Phi) is 17.5. The van der Waals surface area contributed by atoms with E-state index in [4.69, 9.17) is 43.0 Å². The SMILES string of the molecule is CCC([SiH3])C(C(=O)OO[Si](C)(O[Si](C)(C)C)O[Si](C)(C)C)=C(O[Si](C)(O[Si](C)(C)C)O[Si](C)(C)C)O[Si](C)(O[Si](C)(C)C)O[Si](C)(C)C. The van der Waals surface area contributed by atoms with E-state index in [2.05, 4.69) is 118 Å². The van der Waals surface area contributed by atoms with Crippen molar-refractivity contribution in [2.45, 2.75) is 156 Å². The van der Waals surface area contributed by atoms with E-state index in [-0.39, 0.29) is 17.1 Å². The third-order valence-electron chi connectivity index (χ3n) is 5.32. The highest BCUT2D eigenvalue weighted by Gasteiger charge is 2.52. The smallest absolute Gasteiger partial charge is 0.474 e. The minimum absolute atomic E-state index is 0.0117. The molecule has 286 valence electrons. The summed E-state index contributed by atoms with van der Waals surface area (Å²) in [5.41, 5.74) is -0.00968. The summed E-state index contributed by atoms with van der Waals surface area (Å²) in [5.74, 6) is -0.735. The average Bonchev–Trinajstić information content (AvgIpc) is 2.68.